The number of hydrogen-bond donors (Lipinski definition) is 1. The fourth-order valence-corrected chi connectivity index (χ4v) is 3.03. The predicted molar refractivity (Wildman–Crippen MR) is 81.4 cm³/mol. The van der Waals surface area contributed by atoms with Crippen molar-refractivity contribution in [1.82, 2.24) is 0 Å². The molecule has 2 aromatic carbocycles. The molecule has 1 unspecified atom stereocenters. The molecule has 0 fully saturated rings. The fourth-order valence-electron chi connectivity index (χ4n) is 1.88. The summed E-state index contributed by atoms with van der Waals surface area (Å²) in [5.74, 6) is 0. The van der Waals surface area contributed by atoms with Crippen LogP contribution in [0, 0.1) is 6.92 Å². The number of nitrogens with two attached hydrogens (primary N) is 1. The van der Waals surface area contributed by atoms with Gasteiger partial charge in [0, 0.05) is 14.5 Å². The number of halogens is 3. The van der Waals surface area contributed by atoms with Crippen LogP contribution in [0.15, 0.2) is 40.9 Å². The molecule has 0 radical (unpaired) electrons. The highest BCUT2D eigenvalue weighted by Crippen LogP contribution is 2.30. The molecular weight excluding hydrogens is 333 g/mol. The minimum absolute atomic E-state index is 0.258. The van der Waals surface area contributed by atoms with E-state index in [1.54, 1.807) is 12.1 Å². The molecule has 0 amide bonds. The predicted octanol–water partition coefficient (Wildman–Crippen LogP) is 5.11. The largest absolute Gasteiger partial charge is 0.320 e. The van der Waals surface area contributed by atoms with E-state index in [2.05, 4.69) is 22.0 Å². The van der Waals surface area contributed by atoms with E-state index in [1.807, 2.05) is 25.1 Å². The highest BCUT2D eigenvalue weighted by molar-refractivity contribution is 9.10. The van der Waals surface area contributed by atoms with Gasteiger partial charge in [0.1, 0.15) is 0 Å². The van der Waals surface area contributed by atoms with Crippen molar-refractivity contribution in [3.05, 3.63) is 67.6 Å². The van der Waals surface area contributed by atoms with Gasteiger partial charge in [0.25, 0.3) is 0 Å². The van der Waals surface area contributed by atoms with Gasteiger partial charge in [-0.1, -0.05) is 51.3 Å². The van der Waals surface area contributed by atoms with Crippen LogP contribution in [0.5, 0.6) is 0 Å². The van der Waals surface area contributed by atoms with Crippen LogP contribution in [0.3, 0.4) is 0 Å². The average Bonchev–Trinajstić information content (AvgIpc) is 2.26. The highest BCUT2D eigenvalue weighted by atomic mass is 79.9. The molecule has 0 aliphatic heterocycles. The summed E-state index contributed by atoms with van der Waals surface area (Å²) in [6, 6.07) is 11.2. The molecule has 0 bridgehead atoms. The zero-order valence-electron chi connectivity index (χ0n) is 9.75. The van der Waals surface area contributed by atoms with Gasteiger partial charge >= 0.3 is 0 Å². The lowest BCUT2D eigenvalue weighted by atomic mass is 9.98. The minimum atomic E-state index is -0.258. The van der Waals surface area contributed by atoms with Crippen molar-refractivity contribution < 1.29 is 0 Å². The number of hydrogen-bond acceptors (Lipinski definition) is 1. The topological polar surface area (TPSA) is 26.0 Å². The molecule has 0 aliphatic carbocycles. The van der Waals surface area contributed by atoms with Gasteiger partial charge in [-0.3, -0.25) is 0 Å². The molecule has 2 aromatic rings. The third-order valence-electron chi connectivity index (χ3n) is 2.72. The van der Waals surface area contributed by atoms with E-state index in [-0.39, 0.29) is 6.04 Å². The van der Waals surface area contributed by atoms with Gasteiger partial charge in [-0.15, -0.1) is 0 Å². The first-order valence-corrected chi connectivity index (χ1v) is 7.00. The van der Waals surface area contributed by atoms with Gasteiger partial charge in [-0.05, 0) is 47.9 Å². The van der Waals surface area contributed by atoms with Crippen molar-refractivity contribution in [2.75, 3.05) is 0 Å². The third-order valence-corrected chi connectivity index (χ3v) is 3.74. The molecule has 4 heteroatoms. The monoisotopic (exact) mass is 343 g/mol. The Balaban J connectivity index is 2.44. The molecule has 0 heterocycles. The van der Waals surface area contributed by atoms with Crippen LogP contribution in [0.1, 0.15) is 22.7 Å². The Kier molecular flexibility index (Phi) is 4.33. The standard InChI is InChI=1S/C14H12BrCl2N/c1-8-4-9(6-10(15)5-8)14(18)12-3-2-11(16)7-13(12)17/h2-7,14H,18H2,1H3. The summed E-state index contributed by atoms with van der Waals surface area (Å²) in [4.78, 5) is 0. The third kappa shape index (κ3) is 3.07. The lowest BCUT2D eigenvalue weighted by Crippen LogP contribution is -2.12. The Morgan fingerprint density at radius 3 is 2.44 bits per heavy atom. The molecule has 0 saturated heterocycles. The Morgan fingerprint density at radius 2 is 1.83 bits per heavy atom. The number of benzene rings is 2. The van der Waals surface area contributed by atoms with Crippen LogP contribution in [0.25, 0.3) is 0 Å². The lowest BCUT2D eigenvalue weighted by molar-refractivity contribution is 0.869. The Hall–Kier alpha value is -0.540. The summed E-state index contributed by atoms with van der Waals surface area (Å²) in [6.45, 7) is 2.03. The zero-order valence-corrected chi connectivity index (χ0v) is 12.9. The van der Waals surface area contributed by atoms with Gasteiger partial charge in [0.2, 0.25) is 0 Å². The Morgan fingerprint density at radius 1 is 1.11 bits per heavy atom. The second kappa shape index (κ2) is 5.62. The van der Waals surface area contributed by atoms with Crippen LogP contribution in [-0.2, 0) is 0 Å². The molecule has 2 N–H and O–H groups in total. The fraction of sp³-hybridized carbons (Fsp3) is 0.143. The maximum absolute atomic E-state index is 6.26. The molecule has 0 aromatic heterocycles. The normalized spacial score (nSPS) is 12.5. The van der Waals surface area contributed by atoms with E-state index in [0.717, 1.165) is 21.2 Å². The lowest BCUT2D eigenvalue weighted by Gasteiger charge is -2.15. The van der Waals surface area contributed by atoms with Crippen molar-refractivity contribution in [2.45, 2.75) is 13.0 Å². The molecule has 0 saturated carbocycles. The van der Waals surface area contributed by atoms with E-state index in [9.17, 15) is 0 Å². The van der Waals surface area contributed by atoms with Gasteiger partial charge in [0.15, 0.2) is 0 Å². The van der Waals surface area contributed by atoms with Gasteiger partial charge < -0.3 is 5.73 Å². The number of rotatable bonds is 2. The van der Waals surface area contributed by atoms with E-state index < -0.39 is 0 Å². The zero-order chi connectivity index (χ0) is 13.3. The van der Waals surface area contributed by atoms with Gasteiger partial charge in [0.05, 0.1) is 6.04 Å². The molecule has 0 spiro atoms. The SMILES string of the molecule is Cc1cc(Br)cc(C(N)c2ccc(Cl)cc2Cl)c1. The molecule has 1 atom stereocenters. The Labute approximate surface area is 125 Å². The smallest absolute Gasteiger partial charge is 0.0566 e. The van der Waals surface area contributed by atoms with E-state index in [0.29, 0.717) is 10.0 Å². The summed E-state index contributed by atoms with van der Waals surface area (Å²) in [5, 5.41) is 1.20. The van der Waals surface area contributed by atoms with Crippen LogP contribution in [0.2, 0.25) is 10.0 Å². The van der Waals surface area contributed by atoms with Crippen molar-refractivity contribution in [2.24, 2.45) is 5.73 Å². The first-order chi connectivity index (χ1) is 8.47. The highest BCUT2D eigenvalue weighted by Gasteiger charge is 2.13. The molecular formula is C14H12BrCl2N. The van der Waals surface area contributed by atoms with Crippen LogP contribution >= 0.6 is 39.1 Å². The first-order valence-electron chi connectivity index (χ1n) is 5.45. The Bertz CT molecular complexity index is 564. The maximum atomic E-state index is 6.26. The van der Waals surface area contributed by atoms with Gasteiger partial charge in [-0.2, -0.15) is 0 Å². The quantitative estimate of drug-likeness (QED) is 0.804. The summed E-state index contributed by atoms with van der Waals surface area (Å²) < 4.78 is 1.01. The van der Waals surface area contributed by atoms with Gasteiger partial charge in [-0.25, -0.2) is 0 Å². The van der Waals surface area contributed by atoms with Crippen LogP contribution in [0.4, 0.5) is 0 Å². The van der Waals surface area contributed by atoms with Crippen LogP contribution in [-0.4, -0.2) is 0 Å². The first kappa shape index (κ1) is 13.9. The average molecular weight is 345 g/mol. The van der Waals surface area contributed by atoms with Crippen molar-refractivity contribution >= 4 is 39.1 Å². The van der Waals surface area contributed by atoms with E-state index in [1.165, 1.54) is 0 Å². The van der Waals surface area contributed by atoms with Crippen molar-refractivity contribution in [3.63, 3.8) is 0 Å². The van der Waals surface area contributed by atoms with Crippen LogP contribution < -0.4 is 5.73 Å². The van der Waals surface area contributed by atoms with Crippen molar-refractivity contribution in [1.29, 1.82) is 0 Å². The number of aryl methyl sites for hydroxylation is 1. The molecule has 1 nitrogen and oxygen atoms in total. The minimum Gasteiger partial charge on any atom is -0.320 e. The summed E-state index contributed by atoms with van der Waals surface area (Å²) >= 11 is 15.5. The second-order valence-electron chi connectivity index (χ2n) is 4.21. The summed E-state index contributed by atoms with van der Waals surface area (Å²) in [6.07, 6.45) is 0. The summed E-state index contributed by atoms with van der Waals surface area (Å²) in [7, 11) is 0. The van der Waals surface area contributed by atoms with E-state index in [4.69, 9.17) is 28.9 Å². The molecule has 2 rings (SSSR count). The maximum Gasteiger partial charge on any atom is 0.0566 e. The van der Waals surface area contributed by atoms with Crippen molar-refractivity contribution in [3.8, 4) is 0 Å². The molecule has 0 aliphatic rings. The molecule has 18 heavy (non-hydrogen) atoms. The summed E-state index contributed by atoms with van der Waals surface area (Å²) in [5.41, 5.74) is 9.30. The molecule has 94 valence electrons. The van der Waals surface area contributed by atoms with E-state index >= 15 is 0 Å². The second-order valence-corrected chi connectivity index (χ2v) is 5.96.